The van der Waals surface area contributed by atoms with Crippen molar-refractivity contribution in [3.63, 3.8) is 0 Å². The van der Waals surface area contributed by atoms with Crippen LogP contribution in [0.5, 0.6) is 0 Å². The first kappa shape index (κ1) is 22.8. The molecule has 0 saturated carbocycles. The molecule has 0 spiro atoms. The molecule has 0 aromatic heterocycles. The van der Waals surface area contributed by atoms with Crippen molar-refractivity contribution >= 4 is 38.9 Å². The molecule has 0 aliphatic heterocycles. The van der Waals surface area contributed by atoms with E-state index in [0.29, 0.717) is 6.54 Å². The van der Waals surface area contributed by atoms with Gasteiger partial charge < -0.3 is 10.6 Å². The molecular formula is C19H22N4O6S. The number of nitro groups is 1. The highest BCUT2D eigenvalue weighted by molar-refractivity contribution is 7.92. The lowest BCUT2D eigenvalue weighted by atomic mass is 10.1. The zero-order valence-corrected chi connectivity index (χ0v) is 17.3. The molecule has 0 fully saturated rings. The molecule has 0 saturated heterocycles. The van der Waals surface area contributed by atoms with Crippen LogP contribution in [0.2, 0.25) is 0 Å². The van der Waals surface area contributed by atoms with Crippen molar-refractivity contribution in [1.29, 1.82) is 0 Å². The Morgan fingerprint density at radius 1 is 1.13 bits per heavy atom. The molecule has 2 rings (SSSR count). The van der Waals surface area contributed by atoms with E-state index >= 15 is 0 Å². The van der Waals surface area contributed by atoms with E-state index in [2.05, 4.69) is 10.6 Å². The number of benzene rings is 2. The number of sulfonamides is 1. The van der Waals surface area contributed by atoms with E-state index in [1.54, 1.807) is 12.1 Å². The minimum absolute atomic E-state index is 0.0178. The number of hydrogen-bond acceptors (Lipinski definition) is 6. The number of nitrogens with one attached hydrogen (secondary N) is 2. The number of rotatable bonds is 9. The summed E-state index contributed by atoms with van der Waals surface area (Å²) in [4.78, 5) is 35.2. The number of carbonyl (C=O) groups is 2. The summed E-state index contributed by atoms with van der Waals surface area (Å²) in [7, 11) is -3.92. The third kappa shape index (κ3) is 6.01. The fourth-order valence-electron chi connectivity index (χ4n) is 2.61. The largest absolute Gasteiger partial charge is 0.352 e. The van der Waals surface area contributed by atoms with E-state index in [4.69, 9.17) is 0 Å². The Labute approximate surface area is 174 Å². The molecule has 0 aliphatic rings. The van der Waals surface area contributed by atoms with Crippen LogP contribution in [0.3, 0.4) is 0 Å². The standard InChI is InChI=1S/C19H22N4O6S/c1-3-11-20-19(25)16-9-4-5-10-17(16)21-18(24)13-22(30(2,28)29)14-7-6-8-15(12-14)23(26)27/h4-10,12H,3,11,13H2,1-2H3,(H,20,25)(H,21,24). The van der Waals surface area contributed by atoms with Gasteiger partial charge in [-0.15, -0.1) is 0 Å². The van der Waals surface area contributed by atoms with Gasteiger partial charge in [-0.1, -0.05) is 25.1 Å². The van der Waals surface area contributed by atoms with Crippen molar-refractivity contribution in [2.24, 2.45) is 0 Å². The van der Waals surface area contributed by atoms with Crippen molar-refractivity contribution in [1.82, 2.24) is 5.32 Å². The third-order valence-electron chi connectivity index (χ3n) is 4.00. The van der Waals surface area contributed by atoms with Gasteiger partial charge >= 0.3 is 0 Å². The number of non-ortho nitro benzene ring substituents is 1. The van der Waals surface area contributed by atoms with Gasteiger partial charge in [0.15, 0.2) is 0 Å². The van der Waals surface area contributed by atoms with Crippen LogP contribution in [-0.2, 0) is 14.8 Å². The maximum absolute atomic E-state index is 12.6. The summed E-state index contributed by atoms with van der Waals surface area (Å²) in [6, 6.07) is 11.3. The van der Waals surface area contributed by atoms with E-state index in [9.17, 15) is 28.1 Å². The zero-order chi connectivity index (χ0) is 22.3. The maximum atomic E-state index is 12.6. The molecule has 0 heterocycles. The number of carbonyl (C=O) groups excluding carboxylic acids is 2. The fourth-order valence-corrected chi connectivity index (χ4v) is 3.45. The van der Waals surface area contributed by atoms with E-state index in [0.717, 1.165) is 23.0 Å². The van der Waals surface area contributed by atoms with Crippen LogP contribution in [0.4, 0.5) is 17.1 Å². The van der Waals surface area contributed by atoms with Crippen molar-refractivity contribution < 1.29 is 22.9 Å². The highest BCUT2D eigenvalue weighted by Gasteiger charge is 2.23. The molecule has 2 aromatic rings. The predicted octanol–water partition coefficient (Wildman–Crippen LogP) is 2.14. The average Bonchev–Trinajstić information content (AvgIpc) is 2.70. The van der Waals surface area contributed by atoms with Crippen molar-refractivity contribution in [2.45, 2.75) is 13.3 Å². The van der Waals surface area contributed by atoms with E-state index in [1.165, 1.54) is 30.3 Å². The first-order valence-corrected chi connectivity index (χ1v) is 10.9. The van der Waals surface area contributed by atoms with Crippen LogP contribution in [0.25, 0.3) is 0 Å². The van der Waals surface area contributed by atoms with Gasteiger partial charge in [-0.05, 0) is 24.6 Å². The normalized spacial score (nSPS) is 10.9. The van der Waals surface area contributed by atoms with Crippen LogP contribution < -0.4 is 14.9 Å². The number of nitrogens with zero attached hydrogens (tertiary/aromatic N) is 2. The second-order valence-corrected chi connectivity index (χ2v) is 8.30. The monoisotopic (exact) mass is 434 g/mol. The Hall–Kier alpha value is -3.47. The Morgan fingerprint density at radius 2 is 1.83 bits per heavy atom. The number of amides is 2. The molecule has 0 atom stereocenters. The molecule has 0 aliphatic carbocycles. The summed E-state index contributed by atoms with van der Waals surface area (Å²) in [5.41, 5.74) is 0.138. The Morgan fingerprint density at radius 3 is 2.47 bits per heavy atom. The summed E-state index contributed by atoms with van der Waals surface area (Å²) >= 11 is 0. The fraction of sp³-hybridized carbons (Fsp3) is 0.263. The van der Waals surface area contributed by atoms with Gasteiger partial charge in [0.1, 0.15) is 6.54 Å². The highest BCUT2D eigenvalue weighted by Crippen LogP contribution is 2.23. The maximum Gasteiger partial charge on any atom is 0.271 e. The molecule has 10 nitrogen and oxygen atoms in total. The summed E-state index contributed by atoms with van der Waals surface area (Å²) in [6.45, 7) is 1.75. The predicted molar refractivity (Wildman–Crippen MR) is 113 cm³/mol. The van der Waals surface area contributed by atoms with Crippen LogP contribution >= 0.6 is 0 Å². The summed E-state index contributed by atoms with van der Waals surface area (Å²) in [5.74, 6) is -1.07. The second-order valence-electron chi connectivity index (χ2n) is 6.40. The number of nitro benzene ring substituents is 1. The molecule has 11 heteroatoms. The number of hydrogen-bond donors (Lipinski definition) is 2. The number of anilines is 2. The minimum atomic E-state index is -3.92. The van der Waals surface area contributed by atoms with Crippen LogP contribution in [0.15, 0.2) is 48.5 Å². The molecule has 2 amide bonds. The zero-order valence-electron chi connectivity index (χ0n) is 16.5. The molecule has 160 valence electrons. The lowest BCUT2D eigenvalue weighted by Crippen LogP contribution is -2.37. The molecule has 0 radical (unpaired) electrons. The van der Waals surface area contributed by atoms with E-state index < -0.39 is 27.4 Å². The number of para-hydroxylation sites is 1. The smallest absolute Gasteiger partial charge is 0.271 e. The first-order valence-electron chi connectivity index (χ1n) is 9.02. The molecule has 30 heavy (non-hydrogen) atoms. The summed E-state index contributed by atoms with van der Waals surface area (Å²) in [6.07, 6.45) is 1.64. The van der Waals surface area contributed by atoms with Crippen molar-refractivity contribution in [3.05, 3.63) is 64.2 Å². The van der Waals surface area contributed by atoms with Gasteiger partial charge in [0.2, 0.25) is 15.9 Å². The molecule has 2 aromatic carbocycles. The molecule has 0 bridgehead atoms. The van der Waals surface area contributed by atoms with Crippen LogP contribution in [-0.4, -0.2) is 44.5 Å². The van der Waals surface area contributed by atoms with Crippen molar-refractivity contribution in [2.75, 3.05) is 29.0 Å². The Bertz CT molecular complexity index is 1050. The minimum Gasteiger partial charge on any atom is -0.352 e. The summed E-state index contributed by atoms with van der Waals surface area (Å²) < 4.78 is 25.2. The quantitative estimate of drug-likeness (QED) is 0.458. The van der Waals surface area contributed by atoms with E-state index in [-0.39, 0.29) is 28.5 Å². The first-order chi connectivity index (χ1) is 14.1. The lowest BCUT2D eigenvalue weighted by molar-refractivity contribution is -0.384. The molecule has 0 unspecified atom stereocenters. The topological polar surface area (TPSA) is 139 Å². The van der Waals surface area contributed by atoms with Crippen LogP contribution in [0, 0.1) is 10.1 Å². The average molecular weight is 434 g/mol. The van der Waals surface area contributed by atoms with Gasteiger partial charge in [-0.2, -0.15) is 0 Å². The Balaban J connectivity index is 2.26. The highest BCUT2D eigenvalue weighted by atomic mass is 32.2. The SMILES string of the molecule is CCCNC(=O)c1ccccc1NC(=O)CN(c1cccc([N+](=O)[O-])c1)S(C)(=O)=O. The Kier molecular flexibility index (Phi) is 7.48. The summed E-state index contributed by atoms with van der Waals surface area (Å²) in [5, 5.41) is 16.2. The third-order valence-corrected chi connectivity index (χ3v) is 5.14. The van der Waals surface area contributed by atoms with Gasteiger partial charge in [0.05, 0.1) is 28.1 Å². The van der Waals surface area contributed by atoms with Gasteiger partial charge in [-0.25, -0.2) is 8.42 Å². The lowest BCUT2D eigenvalue weighted by Gasteiger charge is -2.22. The molecular weight excluding hydrogens is 412 g/mol. The van der Waals surface area contributed by atoms with Crippen LogP contribution in [0.1, 0.15) is 23.7 Å². The van der Waals surface area contributed by atoms with Gasteiger partial charge in [0, 0.05) is 18.7 Å². The van der Waals surface area contributed by atoms with Crippen molar-refractivity contribution in [3.8, 4) is 0 Å². The second kappa shape index (κ2) is 9.83. The molecule has 2 N–H and O–H groups in total. The van der Waals surface area contributed by atoms with Gasteiger partial charge in [-0.3, -0.25) is 24.0 Å². The van der Waals surface area contributed by atoms with Gasteiger partial charge in [0.25, 0.3) is 11.6 Å². The van der Waals surface area contributed by atoms with E-state index in [1.807, 2.05) is 6.92 Å².